The third-order valence-corrected chi connectivity index (χ3v) is 7.02. The van der Waals surface area contributed by atoms with E-state index in [4.69, 9.17) is 11.6 Å². The van der Waals surface area contributed by atoms with Crippen LogP contribution in [-0.2, 0) is 26.2 Å². The molecule has 0 spiro atoms. The van der Waals surface area contributed by atoms with Crippen molar-refractivity contribution in [2.75, 3.05) is 24.2 Å². The average Bonchev–Trinajstić information content (AvgIpc) is 2.75. The highest BCUT2D eigenvalue weighted by Gasteiger charge is 2.26. The van der Waals surface area contributed by atoms with E-state index < -0.39 is 16.1 Å². The van der Waals surface area contributed by atoms with Gasteiger partial charge in [0.1, 0.15) is 6.04 Å². The molecule has 0 bridgehead atoms. The Balaban J connectivity index is 2.16. The molecule has 180 valence electrons. The smallest absolute Gasteiger partial charge is 0.242 e. The van der Waals surface area contributed by atoms with Crippen molar-refractivity contribution in [2.45, 2.75) is 46.2 Å². The van der Waals surface area contributed by atoms with Gasteiger partial charge in [0.05, 0.1) is 11.9 Å². The lowest BCUT2D eigenvalue weighted by atomic mass is 10.1. The molecule has 1 atom stereocenters. The first-order valence-corrected chi connectivity index (χ1v) is 13.0. The summed E-state index contributed by atoms with van der Waals surface area (Å²) in [6.45, 7) is 5.94. The number of nitrogens with one attached hydrogen (secondary N) is 1. The number of nitrogens with zero attached hydrogens (tertiary/aromatic N) is 2. The van der Waals surface area contributed by atoms with Crippen molar-refractivity contribution < 1.29 is 18.0 Å². The van der Waals surface area contributed by atoms with E-state index in [1.165, 1.54) is 16.3 Å². The van der Waals surface area contributed by atoms with Crippen LogP contribution in [-0.4, -0.2) is 51.0 Å². The van der Waals surface area contributed by atoms with Crippen LogP contribution in [0, 0.1) is 13.8 Å². The van der Waals surface area contributed by atoms with Gasteiger partial charge in [0, 0.05) is 31.6 Å². The number of carbonyl (C=O) groups excluding carboxylic acids is 2. The summed E-state index contributed by atoms with van der Waals surface area (Å²) in [6.07, 6.45) is 1.56. The van der Waals surface area contributed by atoms with Crippen LogP contribution in [0.4, 0.5) is 5.69 Å². The van der Waals surface area contributed by atoms with Gasteiger partial charge in [-0.1, -0.05) is 29.8 Å². The Labute approximate surface area is 201 Å². The van der Waals surface area contributed by atoms with Gasteiger partial charge in [0.25, 0.3) is 0 Å². The first-order valence-electron chi connectivity index (χ1n) is 10.7. The Bertz CT molecular complexity index is 1100. The van der Waals surface area contributed by atoms with Crippen LogP contribution in [0.15, 0.2) is 42.5 Å². The maximum atomic E-state index is 13.1. The first kappa shape index (κ1) is 26.7. The van der Waals surface area contributed by atoms with Crippen molar-refractivity contribution >= 4 is 39.1 Å². The molecule has 2 rings (SSSR count). The predicted octanol–water partition coefficient (Wildman–Crippen LogP) is 3.67. The standard InChI is InChI=1S/C24H32ClN3O4S/c1-17-11-12-22(14-18(17)2)28(33(5,31)32)13-7-10-23(29)27(19(3)24(30)26-4)16-20-8-6-9-21(25)15-20/h6,8-9,11-12,14-15,19H,7,10,13,16H2,1-5H3,(H,26,30). The molecule has 2 amide bonds. The largest absolute Gasteiger partial charge is 0.357 e. The lowest BCUT2D eigenvalue weighted by molar-refractivity contribution is -0.140. The number of carbonyl (C=O) groups is 2. The number of halogens is 1. The Morgan fingerprint density at radius 3 is 2.36 bits per heavy atom. The molecule has 0 fully saturated rings. The summed E-state index contributed by atoms with van der Waals surface area (Å²) in [5.41, 5.74) is 3.44. The predicted molar refractivity (Wildman–Crippen MR) is 133 cm³/mol. The molecule has 7 nitrogen and oxygen atoms in total. The molecular weight excluding hydrogens is 462 g/mol. The summed E-state index contributed by atoms with van der Waals surface area (Å²) in [4.78, 5) is 26.9. The number of anilines is 1. The first-order chi connectivity index (χ1) is 15.4. The number of aryl methyl sites for hydroxylation is 2. The van der Waals surface area contributed by atoms with E-state index in [1.54, 1.807) is 31.2 Å². The highest BCUT2D eigenvalue weighted by Crippen LogP contribution is 2.22. The number of hydrogen-bond acceptors (Lipinski definition) is 4. The zero-order valence-corrected chi connectivity index (χ0v) is 21.3. The maximum absolute atomic E-state index is 13.1. The summed E-state index contributed by atoms with van der Waals surface area (Å²) in [7, 11) is -2.00. The fourth-order valence-corrected chi connectivity index (χ4v) is 4.68. The summed E-state index contributed by atoms with van der Waals surface area (Å²) >= 11 is 6.07. The van der Waals surface area contributed by atoms with Gasteiger partial charge in [-0.3, -0.25) is 13.9 Å². The third kappa shape index (κ3) is 7.47. The summed E-state index contributed by atoms with van der Waals surface area (Å²) in [5, 5.41) is 3.12. The van der Waals surface area contributed by atoms with Crippen LogP contribution < -0.4 is 9.62 Å². The Morgan fingerprint density at radius 1 is 1.09 bits per heavy atom. The second kappa shape index (κ2) is 11.5. The zero-order chi connectivity index (χ0) is 24.8. The van der Waals surface area contributed by atoms with Crippen molar-refractivity contribution in [3.8, 4) is 0 Å². The fourth-order valence-electron chi connectivity index (χ4n) is 3.51. The van der Waals surface area contributed by atoms with Crippen LogP contribution in [0.5, 0.6) is 0 Å². The molecule has 0 heterocycles. The van der Waals surface area contributed by atoms with Crippen LogP contribution in [0.25, 0.3) is 0 Å². The van der Waals surface area contributed by atoms with E-state index in [0.717, 1.165) is 22.9 Å². The van der Waals surface area contributed by atoms with Crippen molar-refractivity contribution in [3.05, 3.63) is 64.2 Å². The maximum Gasteiger partial charge on any atom is 0.242 e. The number of sulfonamides is 1. The molecular formula is C24H32ClN3O4S. The van der Waals surface area contributed by atoms with Crippen molar-refractivity contribution in [1.29, 1.82) is 0 Å². The van der Waals surface area contributed by atoms with Crippen LogP contribution in [0.1, 0.15) is 36.5 Å². The Kier molecular flexibility index (Phi) is 9.31. The van der Waals surface area contributed by atoms with Gasteiger partial charge in [-0.15, -0.1) is 0 Å². The summed E-state index contributed by atoms with van der Waals surface area (Å²) in [5.74, 6) is -0.516. The summed E-state index contributed by atoms with van der Waals surface area (Å²) in [6, 6.07) is 11.9. The van der Waals surface area contributed by atoms with Gasteiger partial charge in [-0.05, 0) is 68.1 Å². The van der Waals surface area contributed by atoms with Gasteiger partial charge < -0.3 is 10.2 Å². The number of benzene rings is 2. The highest BCUT2D eigenvalue weighted by atomic mass is 35.5. The van der Waals surface area contributed by atoms with Crippen molar-refractivity contribution in [2.24, 2.45) is 0 Å². The number of likely N-dealkylation sites (N-methyl/N-ethyl adjacent to an activating group) is 1. The van der Waals surface area contributed by atoms with E-state index in [2.05, 4.69) is 5.32 Å². The molecule has 1 unspecified atom stereocenters. The second-order valence-corrected chi connectivity index (χ2v) is 10.5. The van der Waals surface area contributed by atoms with Crippen LogP contribution in [0.2, 0.25) is 5.02 Å². The molecule has 33 heavy (non-hydrogen) atoms. The molecule has 0 aromatic heterocycles. The molecule has 0 aliphatic rings. The molecule has 9 heteroatoms. The van der Waals surface area contributed by atoms with E-state index in [-0.39, 0.29) is 31.3 Å². The van der Waals surface area contributed by atoms with Crippen LogP contribution in [0.3, 0.4) is 0 Å². The van der Waals surface area contributed by atoms with Gasteiger partial charge in [0.2, 0.25) is 21.8 Å². The quantitative estimate of drug-likeness (QED) is 0.547. The number of rotatable bonds is 10. The van der Waals surface area contributed by atoms with Gasteiger partial charge in [-0.25, -0.2) is 8.42 Å². The Hall–Kier alpha value is -2.58. The highest BCUT2D eigenvalue weighted by molar-refractivity contribution is 7.92. The van der Waals surface area contributed by atoms with Crippen LogP contribution >= 0.6 is 11.6 Å². The second-order valence-electron chi connectivity index (χ2n) is 8.15. The van der Waals surface area contributed by atoms with E-state index in [1.807, 2.05) is 32.0 Å². The van der Waals surface area contributed by atoms with E-state index in [0.29, 0.717) is 17.1 Å². The fraction of sp³-hybridized carbons (Fsp3) is 0.417. The van der Waals surface area contributed by atoms with Gasteiger partial charge in [-0.2, -0.15) is 0 Å². The number of hydrogen-bond donors (Lipinski definition) is 1. The molecule has 0 saturated carbocycles. The monoisotopic (exact) mass is 493 g/mol. The topological polar surface area (TPSA) is 86.8 Å². The van der Waals surface area contributed by atoms with Crippen molar-refractivity contribution in [3.63, 3.8) is 0 Å². The molecule has 2 aromatic rings. The number of amides is 2. The lowest BCUT2D eigenvalue weighted by Gasteiger charge is -2.29. The zero-order valence-electron chi connectivity index (χ0n) is 19.8. The molecule has 0 saturated heterocycles. The molecule has 0 radical (unpaired) electrons. The Morgan fingerprint density at radius 2 is 1.79 bits per heavy atom. The van der Waals surface area contributed by atoms with E-state index >= 15 is 0 Å². The van der Waals surface area contributed by atoms with E-state index in [9.17, 15) is 18.0 Å². The summed E-state index contributed by atoms with van der Waals surface area (Å²) < 4.78 is 26.1. The van der Waals surface area contributed by atoms with Crippen molar-refractivity contribution in [1.82, 2.24) is 10.2 Å². The van der Waals surface area contributed by atoms with Gasteiger partial charge >= 0.3 is 0 Å². The normalized spacial score (nSPS) is 12.2. The average molecular weight is 494 g/mol. The third-order valence-electron chi connectivity index (χ3n) is 5.59. The molecule has 1 N–H and O–H groups in total. The molecule has 0 aliphatic carbocycles. The minimum Gasteiger partial charge on any atom is -0.357 e. The molecule has 0 aliphatic heterocycles. The lowest BCUT2D eigenvalue weighted by Crippen LogP contribution is -2.46. The minimum atomic E-state index is -3.52. The minimum absolute atomic E-state index is 0.0960. The molecule has 2 aromatic carbocycles. The van der Waals surface area contributed by atoms with Gasteiger partial charge in [0.15, 0.2) is 0 Å². The SMILES string of the molecule is CNC(=O)C(C)N(Cc1cccc(Cl)c1)C(=O)CCCN(c1ccc(C)c(C)c1)S(C)(=O)=O.